The van der Waals surface area contributed by atoms with Gasteiger partial charge in [-0.25, -0.2) is 0 Å². The molecule has 1 rings (SSSR count). The van der Waals surface area contributed by atoms with E-state index in [1.165, 1.54) is 32.2 Å². The summed E-state index contributed by atoms with van der Waals surface area (Å²) in [4.78, 5) is 2.75. The molecular formula is C17H36N2. The van der Waals surface area contributed by atoms with Crippen LogP contribution in [0.25, 0.3) is 0 Å². The molecule has 0 radical (unpaired) electrons. The van der Waals surface area contributed by atoms with Crippen LogP contribution in [0.5, 0.6) is 0 Å². The highest BCUT2D eigenvalue weighted by Crippen LogP contribution is 2.33. The lowest BCUT2D eigenvalue weighted by Gasteiger charge is -2.46. The van der Waals surface area contributed by atoms with E-state index in [1.54, 1.807) is 0 Å². The minimum atomic E-state index is 0.664. The van der Waals surface area contributed by atoms with Crippen molar-refractivity contribution in [1.82, 2.24) is 10.2 Å². The van der Waals surface area contributed by atoms with Gasteiger partial charge in [0.15, 0.2) is 0 Å². The molecule has 3 atom stereocenters. The number of nitrogens with one attached hydrogen (secondary N) is 1. The van der Waals surface area contributed by atoms with E-state index in [0.717, 1.165) is 24.4 Å². The standard InChI is InChI=1S/C17H36N2/c1-7-11-19(14(5)6)17-12-15(13(3)4)9-10-16(17)18-8-2/h13-18H,7-12H2,1-6H3. The maximum Gasteiger partial charge on any atom is 0.0254 e. The van der Waals surface area contributed by atoms with Crippen LogP contribution in [-0.2, 0) is 0 Å². The summed E-state index contributed by atoms with van der Waals surface area (Å²) in [6.45, 7) is 16.4. The van der Waals surface area contributed by atoms with E-state index < -0.39 is 0 Å². The van der Waals surface area contributed by atoms with E-state index in [4.69, 9.17) is 0 Å². The third-order valence-corrected chi connectivity index (χ3v) is 4.84. The molecule has 2 heteroatoms. The van der Waals surface area contributed by atoms with Crippen LogP contribution >= 0.6 is 0 Å². The number of rotatable bonds is 7. The van der Waals surface area contributed by atoms with Gasteiger partial charge in [-0.3, -0.25) is 4.90 Å². The summed E-state index contributed by atoms with van der Waals surface area (Å²) in [5.41, 5.74) is 0. The topological polar surface area (TPSA) is 15.3 Å². The third-order valence-electron chi connectivity index (χ3n) is 4.84. The minimum absolute atomic E-state index is 0.664. The maximum absolute atomic E-state index is 3.75. The van der Waals surface area contributed by atoms with Gasteiger partial charge in [0, 0.05) is 18.1 Å². The first kappa shape index (κ1) is 17.0. The monoisotopic (exact) mass is 268 g/mol. The zero-order chi connectivity index (χ0) is 14.4. The first-order valence-electron chi connectivity index (χ1n) is 8.50. The average molecular weight is 268 g/mol. The predicted molar refractivity (Wildman–Crippen MR) is 85.6 cm³/mol. The summed E-state index contributed by atoms with van der Waals surface area (Å²) in [5.74, 6) is 1.75. The molecule has 0 amide bonds. The van der Waals surface area contributed by atoms with Crippen molar-refractivity contribution in [3.8, 4) is 0 Å². The lowest BCUT2D eigenvalue weighted by molar-refractivity contribution is 0.0609. The van der Waals surface area contributed by atoms with Gasteiger partial charge in [0.1, 0.15) is 0 Å². The molecule has 0 aromatic carbocycles. The van der Waals surface area contributed by atoms with Crippen LogP contribution in [0.3, 0.4) is 0 Å². The van der Waals surface area contributed by atoms with Crippen molar-refractivity contribution in [1.29, 1.82) is 0 Å². The molecule has 2 nitrogen and oxygen atoms in total. The number of nitrogens with zero attached hydrogens (tertiary/aromatic N) is 1. The molecule has 0 aliphatic heterocycles. The first-order valence-corrected chi connectivity index (χ1v) is 8.50. The number of likely N-dealkylation sites (N-methyl/N-ethyl adjacent to an activating group) is 1. The van der Waals surface area contributed by atoms with Gasteiger partial charge in [0.05, 0.1) is 0 Å². The van der Waals surface area contributed by atoms with Crippen LogP contribution < -0.4 is 5.32 Å². The van der Waals surface area contributed by atoms with Crippen LogP contribution in [0.15, 0.2) is 0 Å². The normalized spacial score (nSPS) is 28.6. The molecule has 3 unspecified atom stereocenters. The minimum Gasteiger partial charge on any atom is -0.313 e. The smallest absolute Gasteiger partial charge is 0.0254 e. The van der Waals surface area contributed by atoms with Gasteiger partial charge in [0.25, 0.3) is 0 Å². The van der Waals surface area contributed by atoms with Gasteiger partial charge in [-0.15, -0.1) is 0 Å². The molecule has 1 fully saturated rings. The molecule has 0 heterocycles. The molecule has 0 aromatic rings. The molecule has 1 aliphatic rings. The Hall–Kier alpha value is -0.0800. The lowest BCUT2D eigenvalue weighted by atomic mass is 9.76. The van der Waals surface area contributed by atoms with Crippen LogP contribution in [0.1, 0.15) is 67.2 Å². The van der Waals surface area contributed by atoms with E-state index in [9.17, 15) is 0 Å². The van der Waals surface area contributed by atoms with Crippen LogP contribution in [0.2, 0.25) is 0 Å². The molecule has 0 saturated heterocycles. The zero-order valence-corrected chi connectivity index (χ0v) is 14.1. The Kier molecular flexibility index (Phi) is 7.38. The van der Waals surface area contributed by atoms with Crippen molar-refractivity contribution in [2.45, 2.75) is 85.4 Å². The van der Waals surface area contributed by atoms with E-state index in [1.807, 2.05) is 0 Å². The summed E-state index contributed by atoms with van der Waals surface area (Å²) in [6.07, 6.45) is 5.41. The SMILES string of the molecule is CCCN(C(C)C)C1CC(C(C)C)CCC1NCC. The van der Waals surface area contributed by atoms with Crippen molar-refractivity contribution >= 4 is 0 Å². The molecule has 0 bridgehead atoms. The van der Waals surface area contributed by atoms with Crippen molar-refractivity contribution < 1.29 is 0 Å². The summed E-state index contributed by atoms with van der Waals surface area (Å²) in [6, 6.07) is 2.10. The highest BCUT2D eigenvalue weighted by atomic mass is 15.2. The lowest BCUT2D eigenvalue weighted by Crippen LogP contribution is -2.55. The van der Waals surface area contributed by atoms with Crippen molar-refractivity contribution in [3.63, 3.8) is 0 Å². The Balaban J connectivity index is 2.79. The molecule has 1 saturated carbocycles. The second-order valence-electron chi connectivity index (χ2n) is 6.88. The van der Waals surface area contributed by atoms with E-state index in [0.29, 0.717) is 12.1 Å². The molecule has 0 spiro atoms. The molecule has 1 aliphatic carbocycles. The van der Waals surface area contributed by atoms with Crippen molar-refractivity contribution in [2.75, 3.05) is 13.1 Å². The molecule has 0 aromatic heterocycles. The predicted octanol–water partition coefficient (Wildman–Crippen LogP) is 3.91. The fraction of sp³-hybridized carbons (Fsp3) is 1.00. The van der Waals surface area contributed by atoms with Crippen molar-refractivity contribution in [2.24, 2.45) is 11.8 Å². The van der Waals surface area contributed by atoms with E-state index in [-0.39, 0.29) is 0 Å². The third kappa shape index (κ3) is 4.75. The average Bonchev–Trinajstić information content (AvgIpc) is 2.36. The Morgan fingerprint density at radius 3 is 2.26 bits per heavy atom. The summed E-state index contributed by atoms with van der Waals surface area (Å²) in [7, 11) is 0. The second-order valence-corrected chi connectivity index (χ2v) is 6.88. The highest BCUT2D eigenvalue weighted by Gasteiger charge is 2.35. The largest absolute Gasteiger partial charge is 0.313 e. The number of hydrogen-bond donors (Lipinski definition) is 1. The Bertz CT molecular complexity index is 237. The van der Waals surface area contributed by atoms with E-state index in [2.05, 4.69) is 51.8 Å². The molecule has 1 N–H and O–H groups in total. The van der Waals surface area contributed by atoms with Crippen LogP contribution in [-0.4, -0.2) is 36.1 Å². The fourth-order valence-electron chi connectivity index (χ4n) is 3.72. The summed E-state index contributed by atoms with van der Waals surface area (Å²) >= 11 is 0. The van der Waals surface area contributed by atoms with E-state index >= 15 is 0 Å². The van der Waals surface area contributed by atoms with Gasteiger partial charge in [0.2, 0.25) is 0 Å². The van der Waals surface area contributed by atoms with Gasteiger partial charge in [-0.1, -0.05) is 27.7 Å². The van der Waals surface area contributed by atoms with Gasteiger partial charge in [-0.2, -0.15) is 0 Å². The maximum atomic E-state index is 3.75. The van der Waals surface area contributed by atoms with Gasteiger partial charge >= 0.3 is 0 Å². The quantitative estimate of drug-likeness (QED) is 0.753. The zero-order valence-electron chi connectivity index (χ0n) is 14.1. The summed E-state index contributed by atoms with van der Waals surface area (Å²) < 4.78 is 0. The van der Waals surface area contributed by atoms with Crippen LogP contribution in [0.4, 0.5) is 0 Å². The first-order chi connectivity index (χ1) is 9.01. The number of hydrogen-bond acceptors (Lipinski definition) is 2. The molecular weight excluding hydrogens is 232 g/mol. The Labute approximate surface area is 121 Å². The summed E-state index contributed by atoms with van der Waals surface area (Å²) in [5, 5.41) is 3.75. The molecule has 19 heavy (non-hydrogen) atoms. The molecule has 114 valence electrons. The fourth-order valence-corrected chi connectivity index (χ4v) is 3.72. The Morgan fingerprint density at radius 2 is 1.79 bits per heavy atom. The van der Waals surface area contributed by atoms with Gasteiger partial charge in [-0.05, 0) is 64.5 Å². The second kappa shape index (κ2) is 8.26. The highest BCUT2D eigenvalue weighted by molar-refractivity contribution is 4.92. The Morgan fingerprint density at radius 1 is 1.11 bits per heavy atom. The van der Waals surface area contributed by atoms with Crippen molar-refractivity contribution in [3.05, 3.63) is 0 Å². The van der Waals surface area contributed by atoms with Gasteiger partial charge < -0.3 is 5.32 Å². The van der Waals surface area contributed by atoms with Crippen LogP contribution in [0, 0.1) is 11.8 Å².